The standard InChI is InChI=1S/C72H116O25/c1-10-13-15-16-17-18-21-24-31-37-49(73)90-59-44(7)86-69(57(81)62(59)92-51(75)40-39-47-33-28-26-29-34-47)94-61-46(9)88-72(66(93-67(83)41(4)12-3)65(61)97-68-56(80)54(78)52(76)42(5)84-68)95-60-45(8)87-70-58(82)63(60)91-50(74)38-32-25-22-19-20-23-30-36-48(35-27-14-11-2)89-71-64(96-70)55(79)53(77)43(6)85-71/h26,28-29,33-34,39-46,48,52-66,68-72,76-82H,10-25,27,30-32,35-38H2,1-9H3/b40-39+/t41-,42-,43+,44-,45-,46-,48?,52-,53-,54+,55-,56+,57+,58+,59-,60-,61-,62-,63-,64+,65+,66+,68-,69-,70-,71-,72-/m0/s1. The van der Waals surface area contributed by atoms with Gasteiger partial charge in [0, 0.05) is 18.9 Å². The fourth-order valence-corrected chi connectivity index (χ4v) is 13.3. The lowest BCUT2D eigenvalue weighted by atomic mass is 9.95. The van der Waals surface area contributed by atoms with Crippen molar-refractivity contribution < 1.29 is 121 Å². The highest BCUT2D eigenvalue weighted by Crippen LogP contribution is 2.40. The van der Waals surface area contributed by atoms with E-state index >= 15 is 0 Å². The predicted octanol–water partition coefficient (Wildman–Crippen LogP) is 7.60. The Kier molecular flexibility index (Phi) is 33.8. The first-order valence-corrected chi connectivity index (χ1v) is 36.4. The molecule has 6 aliphatic heterocycles. The Bertz CT molecular complexity index is 2490. The molecule has 0 aliphatic carbocycles. The smallest absolute Gasteiger partial charge is 0.331 e. The van der Waals surface area contributed by atoms with E-state index in [2.05, 4.69) is 13.8 Å². The summed E-state index contributed by atoms with van der Waals surface area (Å²) in [6.07, 6.45) is -17.1. The molecule has 1 aromatic rings. The highest BCUT2D eigenvalue weighted by molar-refractivity contribution is 5.87. The molecule has 6 aliphatic rings. The van der Waals surface area contributed by atoms with Crippen LogP contribution in [0.25, 0.3) is 6.08 Å². The van der Waals surface area contributed by atoms with E-state index in [-0.39, 0.29) is 25.4 Å². The average molecular weight is 1380 g/mol. The van der Waals surface area contributed by atoms with E-state index < -0.39 is 183 Å². The van der Waals surface area contributed by atoms with Crippen LogP contribution in [-0.4, -0.2) is 219 Å². The summed E-state index contributed by atoms with van der Waals surface area (Å²) in [5.41, 5.74) is 0.669. The zero-order valence-corrected chi connectivity index (χ0v) is 58.6. The van der Waals surface area contributed by atoms with Crippen LogP contribution in [0, 0.1) is 5.92 Å². The lowest BCUT2D eigenvalue weighted by Gasteiger charge is -2.51. The third-order valence-corrected chi connectivity index (χ3v) is 19.6. The molecule has 6 heterocycles. The molecule has 554 valence electrons. The number of ether oxygens (including phenoxy) is 14. The molecule has 25 heteroatoms. The summed E-state index contributed by atoms with van der Waals surface area (Å²) in [4.78, 5) is 56.0. The summed E-state index contributed by atoms with van der Waals surface area (Å²) < 4.78 is 89.7. The van der Waals surface area contributed by atoms with Gasteiger partial charge in [0.1, 0.15) is 67.1 Å². The Labute approximate surface area is 573 Å². The van der Waals surface area contributed by atoms with Crippen molar-refractivity contribution in [1.29, 1.82) is 0 Å². The number of hydrogen-bond donors (Lipinski definition) is 7. The van der Waals surface area contributed by atoms with Crippen LogP contribution in [0.2, 0.25) is 0 Å². The fourth-order valence-electron chi connectivity index (χ4n) is 13.3. The van der Waals surface area contributed by atoms with Crippen LogP contribution in [0.15, 0.2) is 36.4 Å². The summed E-state index contributed by atoms with van der Waals surface area (Å²) in [6, 6.07) is 8.93. The van der Waals surface area contributed by atoms with Gasteiger partial charge in [0.25, 0.3) is 0 Å². The fraction of sp³-hybridized carbons (Fsp3) is 0.833. The van der Waals surface area contributed by atoms with E-state index in [1.165, 1.54) is 32.8 Å². The SMILES string of the molecule is CCCCCCCCCCCC(=O)O[C@@H]1[C@@H](OC(=O)/C=C/c2ccccc2)[C@@H](O)[C@H](O[C@@H]2[C@@H](O[C@@H]3O[C@@H](C)[C@H](O)[C@@H](O)[C@H]3O)[C@@H](OC(=O)[C@@H](C)CC)[C@H](O[C@@H]3[C@H]4OC(=O)CCCCCCCCCC(CCCCC)O[C@@H]5O[C@H](C)[C@H](O)[C@H](O)[C@H]5O[C@H](O[C@H]3C)[C@@H]4O)O[C@H]2C)O[C@H]1C. The Morgan fingerprint density at radius 3 is 1.74 bits per heavy atom. The van der Waals surface area contributed by atoms with Crippen LogP contribution in [0.5, 0.6) is 0 Å². The van der Waals surface area contributed by atoms with Gasteiger partial charge in [-0.25, -0.2) is 4.79 Å². The molecule has 1 unspecified atom stereocenters. The molecule has 0 amide bonds. The zero-order valence-electron chi connectivity index (χ0n) is 58.6. The van der Waals surface area contributed by atoms with E-state index in [1.807, 2.05) is 6.07 Å². The maximum atomic E-state index is 14.4. The second-order valence-corrected chi connectivity index (χ2v) is 27.5. The largest absolute Gasteiger partial charge is 0.456 e. The highest BCUT2D eigenvalue weighted by atomic mass is 16.8. The van der Waals surface area contributed by atoms with Crippen LogP contribution in [0.3, 0.4) is 0 Å². The molecule has 97 heavy (non-hydrogen) atoms. The van der Waals surface area contributed by atoms with Gasteiger partial charge >= 0.3 is 23.9 Å². The Morgan fingerprint density at radius 1 is 0.495 bits per heavy atom. The first-order valence-electron chi connectivity index (χ1n) is 36.4. The predicted molar refractivity (Wildman–Crippen MR) is 350 cm³/mol. The molecule has 27 atom stereocenters. The number of rotatable bonds is 27. The number of hydrogen-bond acceptors (Lipinski definition) is 25. The molecule has 25 nitrogen and oxygen atoms in total. The molecule has 6 saturated heterocycles. The van der Waals surface area contributed by atoms with Gasteiger partial charge in [-0.3, -0.25) is 14.4 Å². The zero-order chi connectivity index (χ0) is 70.3. The number of esters is 4. The molecular formula is C72H116O25. The van der Waals surface area contributed by atoms with Crippen molar-refractivity contribution in [2.45, 2.75) is 376 Å². The number of aliphatic hydroxyl groups is 7. The highest BCUT2D eigenvalue weighted by Gasteiger charge is 2.59. The van der Waals surface area contributed by atoms with Crippen molar-refractivity contribution in [1.82, 2.24) is 0 Å². The van der Waals surface area contributed by atoms with E-state index in [4.69, 9.17) is 66.3 Å². The minimum Gasteiger partial charge on any atom is -0.456 e. The summed E-state index contributed by atoms with van der Waals surface area (Å²) in [7, 11) is 0. The Balaban J connectivity index is 1.22. The van der Waals surface area contributed by atoms with Gasteiger partial charge in [0.05, 0.1) is 42.5 Å². The molecule has 2 bridgehead atoms. The van der Waals surface area contributed by atoms with Crippen molar-refractivity contribution >= 4 is 30.0 Å². The maximum absolute atomic E-state index is 14.4. The van der Waals surface area contributed by atoms with Gasteiger partial charge in [0.15, 0.2) is 55.9 Å². The first kappa shape index (κ1) is 80.5. The van der Waals surface area contributed by atoms with Crippen molar-refractivity contribution in [3.63, 3.8) is 0 Å². The van der Waals surface area contributed by atoms with Crippen molar-refractivity contribution in [2.24, 2.45) is 5.92 Å². The molecule has 1 aromatic carbocycles. The van der Waals surface area contributed by atoms with Crippen molar-refractivity contribution in [2.75, 3.05) is 0 Å². The normalized spacial score (nSPS) is 38.5. The molecule has 0 aromatic heterocycles. The minimum atomic E-state index is -1.95. The van der Waals surface area contributed by atoms with Gasteiger partial charge in [0.2, 0.25) is 0 Å². The molecular weight excluding hydrogens is 1260 g/mol. The molecule has 0 spiro atoms. The van der Waals surface area contributed by atoms with Crippen molar-refractivity contribution in [3.8, 4) is 0 Å². The molecule has 0 radical (unpaired) electrons. The van der Waals surface area contributed by atoms with Gasteiger partial charge < -0.3 is 102 Å². The van der Waals surface area contributed by atoms with Gasteiger partial charge in [-0.05, 0) is 78.4 Å². The Hall–Kier alpha value is -3.84. The summed E-state index contributed by atoms with van der Waals surface area (Å²) in [6.45, 7) is 15.3. The van der Waals surface area contributed by atoms with E-state index in [0.29, 0.717) is 31.2 Å². The van der Waals surface area contributed by atoms with Crippen LogP contribution < -0.4 is 0 Å². The van der Waals surface area contributed by atoms with Crippen LogP contribution >= 0.6 is 0 Å². The summed E-state index contributed by atoms with van der Waals surface area (Å²) >= 11 is 0. The molecule has 6 fully saturated rings. The lowest BCUT2D eigenvalue weighted by Crippen LogP contribution is -2.68. The molecule has 7 rings (SSSR count). The van der Waals surface area contributed by atoms with Crippen LogP contribution in [0.4, 0.5) is 0 Å². The number of carbonyl (C=O) groups excluding carboxylic acids is 4. The topological polar surface area (TPSA) is 339 Å². The first-order chi connectivity index (χ1) is 46.5. The number of carbonyl (C=O) groups is 4. The number of benzene rings is 1. The lowest BCUT2D eigenvalue weighted by molar-refractivity contribution is -0.399. The second-order valence-electron chi connectivity index (χ2n) is 27.5. The number of aliphatic hydroxyl groups excluding tert-OH is 7. The van der Waals surface area contributed by atoms with E-state index in [9.17, 15) is 54.9 Å². The van der Waals surface area contributed by atoms with Crippen molar-refractivity contribution in [3.05, 3.63) is 42.0 Å². The quantitative estimate of drug-likeness (QED) is 0.0193. The molecule has 0 saturated carbocycles. The van der Waals surface area contributed by atoms with Gasteiger partial charge in [-0.2, -0.15) is 0 Å². The minimum absolute atomic E-state index is 0.0429. The maximum Gasteiger partial charge on any atom is 0.331 e. The second kappa shape index (κ2) is 40.7. The van der Waals surface area contributed by atoms with Crippen LogP contribution in [-0.2, 0) is 85.5 Å². The summed E-state index contributed by atoms with van der Waals surface area (Å²) in [5.74, 6) is -3.81. The Morgan fingerprint density at radius 2 is 1.05 bits per heavy atom. The van der Waals surface area contributed by atoms with Gasteiger partial charge in [-0.1, -0.05) is 167 Å². The van der Waals surface area contributed by atoms with Gasteiger partial charge in [-0.15, -0.1) is 0 Å². The number of fused-ring (bicyclic) bond motifs is 3. The third kappa shape index (κ3) is 23.3. The number of unbranched alkanes of at least 4 members (excludes halogenated alkanes) is 10. The van der Waals surface area contributed by atoms with E-state index in [1.54, 1.807) is 58.9 Å². The monoisotopic (exact) mass is 1380 g/mol. The molecule has 7 N–H and O–H groups in total. The average Bonchev–Trinajstić information content (AvgIpc) is 0.772. The van der Waals surface area contributed by atoms with Crippen LogP contribution in [0.1, 0.15) is 222 Å². The summed E-state index contributed by atoms with van der Waals surface area (Å²) in [5, 5.41) is 81.7. The van der Waals surface area contributed by atoms with E-state index in [0.717, 1.165) is 102 Å². The third-order valence-electron chi connectivity index (χ3n) is 19.6.